The Morgan fingerprint density at radius 2 is 2.23 bits per heavy atom. The fraction of sp³-hybridized carbons (Fsp3) is 0.500. The Morgan fingerprint density at radius 1 is 1.45 bits per heavy atom. The SMILES string of the molecule is Cc1cc(C(=O)N(CCC(=O)O)C[C@@H]2CCCO2)ccc1F. The molecule has 22 heavy (non-hydrogen) atoms. The number of carboxylic acid groups (broad SMARTS) is 1. The standard InChI is InChI=1S/C16H20FNO4/c1-11-9-12(4-5-14(11)17)16(21)18(7-6-15(19)20)10-13-3-2-8-22-13/h4-5,9,13H,2-3,6-8,10H2,1H3,(H,19,20)/t13-/m0/s1. The average molecular weight is 309 g/mol. The number of carbonyl (C=O) groups excluding carboxylic acids is 1. The maximum Gasteiger partial charge on any atom is 0.305 e. The number of benzene rings is 1. The van der Waals surface area contributed by atoms with Gasteiger partial charge in [0.25, 0.3) is 5.91 Å². The van der Waals surface area contributed by atoms with E-state index < -0.39 is 5.97 Å². The second-order valence-corrected chi connectivity index (χ2v) is 5.49. The fourth-order valence-electron chi connectivity index (χ4n) is 2.50. The normalized spacial score (nSPS) is 17.5. The zero-order valence-electron chi connectivity index (χ0n) is 12.5. The number of halogens is 1. The van der Waals surface area contributed by atoms with Crippen LogP contribution in [0, 0.1) is 12.7 Å². The summed E-state index contributed by atoms with van der Waals surface area (Å²) in [6, 6.07) is 4.17. The zero-order chi connectivity index (χ0) is 16.1. The van der Waals surface area contributed by atoms with Gasteiger partial charge in [0.1, 0.15) is 5.82 Å². The maximum absolute atomic E-state index is 13.3. The number of aliphatic carboxylic acids is 1. The van der Waals surface area contributed by atoms with Crippen LogP contribution in [0.25, 0.3) is 0 Å². The minimum absolute atomic E-state index is 0.0562. The van der Waals surface area contributed by atoms with E-state index in [2.05, 4.69) is 0 Å². The first-order chi connectivity index (χ1) is 10.5. The quantitative estimate of drug-likeness (QED) is 0.875. The summed E-state index contributed by atoms with van der Waals surface area (Å²) in [5.74, 6) is -1.62. The van der Waals surface area contributed by atoms with Crippen LogP contribution in [0.1, 0.15) is 35.2 Å². The van der Waals surface area contributed by atoms with Crippen LogP contribution in [0.2, 0.25) is 0 Å². The van der Waals surface area contributed by atoms with Crippen LogP contribution in [0.3, 0.4) is 0 Å². The predicted molar refractivity (Wildman–Crippen MR) is 78.3 cm³/mol. The lowest BCUT2D eigenvalue weighted by molar-refractivity contribution is -0.137. The number of hydrogen-bond acceptors (Lipinski definition) is 3. The third-order valence-corrected chi connectivity index (χ3v) is 3.74. The first kappa shape index (κ1) is 16.4. The van der Waals surface area contributed by atoms with Crippen molar-refractivity contribution in [3.63, 3.8) is 0 Å². The lowest BCUT2D eigenvalue weighted by Gasteiger charge is -2.25. The number of aryl methyl sites for hydroxylation is 1. The summed E-state index contributed by atoms with van der Waals surface area (Å²) in [6.45, 7) is 2.74. The van der Waals surface area contributed by atoms with Gasteiger partial charge in [0.05, 0.1) is 12.5 Å². The summed E-state index contributed by atoms with van der Waals surface area (Å²) in [5, 5.41) is 8.84. The largest absolute Gasteiger partial charge is 0.481 e. The Kier molecular flexibility index (Phi) is 5.49. The summed E-state index contributed by atoms with van der Waals surface area (Å²) >= 11 is 0. The number of rotatable bonds is 6. The molecule has 0 saturated carbocycles. The van der Waals surface area contributed by atoms with Gasteiger partial charge in [0, 0.05) is 25.3 Å². The highest BCUT2D eigenvalue weighted by Crippen LogP contribution is 2.17. The monoisotopic (exact) mass is 309 g/mol. The topological polar surface area (TPSA) is 66.8 Å². The van der Waals surface area contributed by atoms with Gasteiger partial charge in [-0.25, -0.2) is 4.39 Å². The minimum atomic E-state index is -0.958. The van der Waals surface area contributed by atoms with Gasteiger partial charge in [-0.1, -0.05) is 0 Å². The van der Waals surface area contributed by atoms with E-state index in [1.165, 1.54) is 23.1 Å². The highest BCUT2D eigenvalue weighted by atomic mass is 19.1. The summed E-state index contributed by atoms with van der Waals surface area (Å²) < 4.78 is 18.8. The number of carboxylic acids is 1. The summed E-state index contributed by atoms with van der Waals surface area (Å²) in [6.07, 6.45) is 1.62. The predicted octanol–water partition coefficient (Wildman–Crippen LogP) is 2.23. The molecule has 0 aromatic heterocycles. The Morgan fingerprint density at radius 3 is 2.82 bits per heavy atom. The van der Waals surface area contributed by atoms with E-state index in [0.29, 0.717) is 24.3 Å². The van der Waals surface area contributed by atoms with E-state index in [0.717, 1.165) is 12.8 Å². The Labute approximate surface area is 128 Å². The molecule has 120 valence electrons. The van der Waals surface area contributed by atoms with E-state index in [1.54, 1.807) is 6.92 Å². The van der Waals surface area contributed by atoms with Crippen molar-refractivity contribution in [3.05, 3.63) is 35.1 Å². The molecule has 0 aliphatic carbocycles. The van der Waals surface area contributed by atoms with Crippen molar-refractivity contribution in [1.29, 1.82) is 0 Å². The van der Waals surface area contributed by atoms with E-state index >= 15 is 0 Å². The molecule has 0 spiro atoms. The molecular formula is C16H20FNO4. The third-order valence-electron chi connectivity index (χ3n) is 3.74. The third kappa shape index (κ3) is 4.27. The molecule has 1 aliphatic heterocycles. The van der Waals surface area contributed by atoms with Crippen LogP contribution in [-0.4, -0.2) is 47.7 Å². The molecule has 1 aromatic rings. The minimum Gasteiger partial charge on any atom is -0.481 e. The molecule has 1 amide bonds. The maximum atomic E-state index is 13.3. The lowest BCUT2D eigenvalue weighted by Crippen LogP contribution is -2.38. The first-order valence-corrected chi connectivity index (χ1v) is 7.36. The fourth-order valence-corrected chi connectivity index (χ4v) is 2.50. The van der Waals surface area contributed by atoms with Crippen LogP contribution < -0.4 is 0 Å². The van der Waals surface area contributed by atoms with Crippen molar-refractivity contribution < 1.29 is 23.8 Å². The van der Waals surface area contributed by atoms with Gasteiger partial charge >= 0.3 is 5.97 Å². The molecule has 6 heteroatoms. The molecular weight excluding hydrogens is 289 g/mol. The second kappa shape index (κ2) is 7.35. The molecule has 0 bridgehead atoms. The summed E-state index contributed by atoms with van der Waals surface area (Å²) in [7, 11) is 0. The molecule has 1 aromatic carbocycles. The van der Waals surface area contributed by atoms with Crippen molar-refractivity contribution in [2.75, 3.05) is 19.7 Å². The van der Waals surface area contributed by atoms with E-state index in [4.69, 9.17) is 9.84 Å². The van der Waals surface area contributed by atoms with Crippen molar-refractivity contribution in [2.24, 2.45) is 0 Å². The van der Waals surface area contributed by atoms with Gasteiger partial charge in [-0.05, 0) is 43.5 Å². The van der Waals surface area contributed by atoms with Gasteiger partial charge < -0.3 is 14.7 Å². The zero-order valence-corrected chi connectivity index (χ0v) is 12.5. The second-order valence-electron chi connectivity index (χ2n) is 5.49. The molecule has 1 heterocycles. The molecule has 1 N–H and O–H groups in total. The van der Waals surface area contributed by atoms with Gasteiger partial charge in [-0.15, -0.1) is 0 Å². The molecule has 1 aliphatic rings. The number of hydrogen-bond donors (Lipinski definition) is 1. The smallest absolute Gasteiger partial charge is 0.305 e. The molecule has 1 fully saturated rings. The van der Waals surface area contributed by atoms with Crippen LogP contribution in [0.15, 0.2) is 18.2 Å². The highest BCUT2D eigenvalue weighted by Gasteiger charge is 2.24. The van der Waals surface area contributed by atoms with E-state index in [-0.39, 0.29) is 30.8 Å². The van der Waals surface area contributed by atoms with Crippen LogP contribution >= 0.6 is 0 Å². The number of ether oxygens (including phenoxy) is 1. The van der Waals surface area contributed by atoms with E-state index in [9.17, 15) is 14.0 Å². The molecule has 1 atom stereocenters. The van der Waals surface area contributed by atoms with Crippen molar-refractivity contribution in [2.45, 2.75) is 32.3 Å². The molecule has 1 saturated heterocycles. The van der Waals surface area contributed by atoms with Gasteiger partial charge in [-0.3, -0.25) is 9.59 Å². The van der Waals surface area contributed by atoms with Gasteiger partial charge in [0.2, 0.25) is 0 Å². The van der Waals surface area contributed by atoms with Crippen LogP contribution in [0.4, 0.5) is 4.39 Å². The Bertz CT molecular complexity index is 555. The molecule has 0 radical (unpaired) electrons. The Balaban J connectivity index is 2.12. The van der Waals surface area contributed by atoms with E-state index in [1.807, 2.05) is 0 Å². The van der Waals surface area contributed by atoms with Crippen molar-refractivity contribution in [1.82, 2.24) is 4.90 Å². The molecule has 0 unspecified atom stereocenters. The summed E-state index contributed by atoms with van der Waals surface area (Å²) in [4.78, 5) is 24.8. The summed E-state index contributed by atoms with van der Waals surface area (Å²) in [5.41, 5.74) is 0.753. The average Bonchev–Trinajstić information content (AvgIpc) is 2.98. The first-order valence-electron chi connectivity index (χ1n) is 7.36. The Hall–Kier alpha value is -1.95. The van der Waals surface area contributed by atoms with Gasteiger partial charge in [0.15, 0.2) is 0 Å². The number of nitrogens with zero attached hydrogens (tertiary/aromatic N) is 1. The van der Waals surface area contributed by atoms with Crippen LogP contribution in [-0.2, 0) is 9.53 Å². The van der Waals surface area contributed by atoms with Crippen LogP contribution in [0.5, 0.6) is 0 Å². The highest BCUT2D eigenvalue weighted by molar-refractivity contribution is 5.94. The lowest BCUT2D eigenvalue weighted by atomic mass is 10.1. The van der Waals surface area contributed by atoms with Crippen molar-refractivity contribution >= 4 is 11.9 Å². The van der Waals surface area contributed by atoms with Crippen molar-refractivity contribution in [3.8, 4) is 0 Å². The number of amides is 1. The number of carbonyl (C=O) groups is 2. The van der Waals surface area contributed by atoms with Gasteiger partial charge in [-0.2, -0.15) is 0 Å². The molecule has 5 nitrogen and oxygen atoms in total. The molecule has 2 rings (SSSR count).